The average Bonchev–Trinajstić information content (AvgIpc) is 2.98. The van der Waals surface area contributed by atoms with Crippen molar-refractivity contribution in [1.29, 1.82) is 0 Å². The summed E-state index contributed by atoms with van der Waals surface area (Å²) in [4.78, 5) is 1.60. The first-order valence-corrected chi connectivity index (χ1v) is 5.80. The summed E-state index contributed by atoms with van der Waals surface area (Å²) in [5.74, 6) is 0. The fourth-order valence-corrected chi connectivity index (χ4v) is 1.68. The van der Waals surface area contributed by atoms with Gasteiger partial charge in [-0.3, -0.25) is 0 Å². The molecule has 3 nitrogen and oxygen atoms in total. The van der Waals surface area contributed by atoms with E-state index in [1.165, 1.54) is 0 Å². The van der Waals surface area contributed by atoms with Crippen molar-refractivity contribution in [3.63, 3.8) is 0 Å². The molecule has 16 heavy (non-hydrogen) atoms. The van der Waals surface area contributed by atoms with Crippen molar-refractivity contribution < 1.29 is 13.9 Å². The number of nitrogens with one attached hydrogen (secondary N) is 1. The Morgan fingerprint density at radius 3 is 2.56 bits per heavy atom. The molecule has 0 spiro atoms. The summed E-state index contributed by atoms with van der Waals surface area (Å²) in [6.07, 6.45) is 0.704. The number of rotatable bonds is 8. The van der Waals surface area contributed by atoms with Crippen molar-refractivity contribution in [3.05, 3.63) is 0 Å². The molecule has 1 saturated carbocycles. The number of halogens is 2. The van der Waals surface area contributed by atoms with E-state index in [2.05, 4.69) is 5.32 Å². The molecule has 0 aromatic carbocycles. The zero-order chi connectivity index (χ0) is 12.2. The molecule has 1 unspecified atom stereocenters. The summed E-state index contributed by atoms with van der Waals surface area (Å²) in [5.41, 5.74) is -0.336. The lowest BCUT2D eigenvalue weighted by Crippen LogP contribution is -2.49. The van der Waals surface area contributed by atoms with Gasteiger partial charge >= 0.3 is 0 Å². The Balaban J connectivity index is 2.25. The molecule has 1 fully saturated rings. The van der Waals surface area contributed by atoms with E-state index in [0.717, 1.165) is 12.8 Å². The van der Waals surface area contributed by atoms with Gasteiger partial charge in [-0.15, -0.1) is 0 Å². The van der Waals surface area contributed by atoms with Crippen LogP contribution >= 0.6 is 0 Å². The smallest absolute Gasteiger partial charge is 0.251 e. The number of aliphatic hydroxyl groups is 1. The summed E-state index contributed by atoms with van der Waals surface area (Å²) in [7, 11) is 1.68. The van der Waals surface area contributed by atoms with Crippen LogP contribution in [0.25, 0.3) is 0 Å². The Morgan fingerprint density at radius 1 is 1.50 bits per heavy atom. The normalized spacial score (nSPS) is 20.4. The maximum absolute atomic E-state index is 12.1. The quantitative estimate of drug-likeness (QED) is 0.662. The highest BCUT2D eigenvalue weighted by atomic mass is 19.3. The highest BCUT2D eigenvalue weighted by Gasteiger charge is 2.31. The van der Waals surface area contributed by atoms with Crippen molar-refractivity contribution in [1.82, 2.24) is 10.2 Å². The van der Waals surface area contributed by atoms with E-state index < -0.39 is 6.43 Å². The van der Waals surface area contributed by atoms with Gasteiger partial charge in [0, 0.05) is 11.6 Å². The van der Waals surface area contributed by atoms with Crippen LogP contribution in [0.15, 0.2) is 0 Å². The van der Waals surface area contributed by atoms with Crippen LogP contribution in [-0.2, 0) is 0 Å². The number of hydrogen-bond acceptors (Lipinski definition) is 3. The summed E-state index contributed by atoms with van der Waals surface area (Å²) >= 11 is 0. The summed E-state index contributed by atoms with van der Waals surface area (Å²) in [6.45, 7) is 2.36. The molecule has 1 aliphatic rings. The third kappa shape index (κ3) is 5.18. The van der Waals surface area contributed by atoms with Gasteiger partial charge in [0.15, 0.2) is 0 Å². The van der Waals surface area contributed by atoms with Crippen LogP contribution in [0, 0.1) is 0 Å². The van der Waals surface area contributed by atoms with E-state index in [-0.39, 0.29) is 18.7 Å². The van der Waals surface area contributed by atoms with E-state index in [1.54, 1.807) is 11.9 Å². The fourth-order valence-electron chi connectivity index (χ4n) is 1.68. The molecule has 0 aromatic rings. The molecule has 96 valence electrons. The maximum atomic E-state index is 12.1. The Morgan fingerprint density at radius 2 is 2.12 bits per heavy atom. The third-order valence-corrected chi connectivity index (χ3v) is 2.97. The van der Waals surface area contributed by atoms with Crippen molar-refractivity contribution in [2.75, 3.05) is 26.7 Å². The van der Waals surface area contributed by atoms with Crippen molar-refractivity contribution in [2.45, 2.75) is 44.2 Å². The van der Waals surface area contributed by atoms with Gasteiger partial charge in [-0.2, -0.15) is 0 Å². The Bertz CT molecular complexity index is 212. The molecular formula is C11H22F2N2O. The molecule has 0 amide bonds. The van der Waals surface area contributed by atoms with Crippen molar-refractivity contribution >= 4 is 0 Å². The average molecular weight is 236 g/mol. The predicted molar refractivity (Wildman–Crippen MR) is 59.8 cm³/mol. The number of nitrogens with zero attached hydrogens (tertiary/aromatic N) is 1. The minimum Gasteiger partial charge on any atom is -0.394 e. The van der Waals surface area contributed by atoms with Gasteiger partial charge in [0.25, 0.3) is 6.43 Å². The highest BCUT2D eigenvalue weighted by Crippen LogP contribution is 2.23. The van der Waals surface area contributed by atoms with Crippen LogP contribution in [0.4, 0.5) is 8.78 Å². The summed E-state index contributed by atoms with van der Waals surface area (Å²) < 4.78 is 24.2. The molecule has 0 aliphatic heterocycles. The van der Waals surface area contributed by atoms with Crippen molar-refractivity contribution in [2.24, 2.45) is 0 Å². The molecule has 2 N–H and O–H groups in total. The summed E-state index contributed by atoms with van der Waals surface area (Å²) in [5, 5.41) is 12.7. The van der Waals surface area contributed by atoms with E-state index in [1.807, 2.05) is 6.92 Å². The van der Waals surface area contributed by atoms with Crippen LogP contribution in [-0.4, -0.2) is 54.8 Å². The molecule has 5 heteroatoms. The zero-order valence-corrected chi connectivity index (χ0v) is 10.0. The largest absolute Gasteiger partial charge is 0.394 e. The second kappa shape index (κ2) is 5.89. The van der Waals surface area contributed by atoms with E-state index >= 15 is 0 Å². The SMILES string of the molecule is CN(CCC(C)(CO)NC1CC1)CC(F)F. The fraction of sp³-hybridized carbons (Fsp3) is 1.00. The Hall–Kier alpha value is -0.260. The van der Waals surface area contributed by atoms with Gasteiger partial charge < -0.3 is 15.3 Å². The number of hydrogen-bond donors (Lipinski definition) is 2. The van der Waals surface area contributed by atoms with Gasteiger partial charge in [-0.25, -0.2) is 8.78 Å². The molecule has 0 aromatic heterocycles. The molecule has 0 radical (unpaired) electrons. The summed E-state index contributed by atoms with van der Waals surface area (Å²) in [6, 6.07) is 0.512. The van der Waals surface area contributed by atoms with Gasteiger partial charge in [-0.05, 0) is 39.8 Å². The standard InChI is InChI=1S/C11H22F2N2O/c1-11(8-16,14-9-3-4-9)5-6-15(2)7-10(12)13/h9-10,14,16H,3-8H2,1-2H3. The molecule has 0 bridgehead atoms. The first-order valence-electron chi connectivity index (χ1n) is 5.80. The lowest BCUT2D eigenvalue weighted by atomic mass is 9.98. The second-order valence-corrected chi connectivity index (χ2v) is 5.04. The maximum Gasteiger partial charge on any atom is 0.251 e. The predicted octanol–water partition coefficient (Wildman–Crippen LogP) is 1.08. The monoisotopic (exact) mass is 236 g/mol. The lowest BCUT2D eigenvalue weighted by Gasteiger charge is -2.31. The topological polar surface area (TPSA) is 35.5 Å². The van der Waals surface area contributed by atoms with E-state index in [9.17, 15) is 13.9 Å². The molecule has 1 rings (SSSR count). The van der Waals surface area contributed by atoms with Crippen LogP contribution in [0.3, 0.4) is 0 Å². The highest BCUT2D eigenvalue weighted by molar-refractivity contribution is 4.92. The minimum absolute atomic E-state index is 0.0476. The Labute approximate surface area is 95.8 Å². The number of aliphatic hydroxyl groups excluding tert-OH is 1. The molecule has 1 aliphatic carbocycles. The first kappa shape index (κ1) is 13.8. The lowest BCUT2D eigenvalue weighted by molar-refractivity contribution is 0.0892. The van der Waals surface area contributed by atoms with Crippen LogP contribution in [0.5, 0.6) is 0 Å². The second-order valence-electron chi connectivity index (χ2n) is 5.04. The van der Waals surface area contributed by atoms with Gasteiger partial charge in [-0.1, -0.05) is 0 Å². The molecule has 0 saturated heterocycles. The molecular weight excluding hydrogens is 214 g/mol. The minimum atomic E-state index is -2.29. The van der Waals surface area contributed by atoms with Gasteiger partial charge in [0.05, 0.1) is 13.2 Å². The zero-order valence-electron chi connectivity index (χ0n) is 10.0. The molecule has 1 atom stereocenters. The van der Waals surface area contributed by atoms with Crippen LogP contribution in [0.2, 0.25) is 0 Å². The van der Waals surface area contributed by atoms with Crippen molar-refractivity contribution in [3.8, 4) is 0 Å². The van der Waals surface area contributed by atoms with Crippen LogP contribution < -0.4 is 5.32 Å². The Kier molecular flexibility index (Phi) is 5.08. The van der Waals surface area contributed by atoms with E-state index in [0.29, 0.717) is 19.0 Å². The third-order valence-electron chi connectivity index (χ3n) is 2.97. The van der Waals surface area contributed by atoms with Crippen LogP contribution in [0.1, 0.15) is 26.2 Å². The van der Waals surface area contributed by atoms with E-state index in [4.69, 9.17) is 0 Å². The van der Waals surface area contributed by atoms with Gasteiger partial charge in [0.1, 0.15) is 0 Å². The van der Waals surface area contributed by atoms with Gasteiger partial charge in [0.2, 0.25) is 0 Å². The number of alkyl halides is 2. The molecule has 0 heterocycles. The first-order chi connectivity index (χ1) is 7.45.